The van der Waals surface area contributed by atoms with Crippen LogP contribution in [0.2, 0.25) is 10.0 Å². The van der Waals surface area contributed by atoms with Gasteiger partial charge in [0.1, 0.15) is 12.7 Å². The van der Waals surface area contributed by atoms with E-state index in [1.807, 2.05) is 0 Å². The van der Waals surface area contributed by atoms with Crippen LogP contribution in [0.3, 0.4) is 0 Å². The zero-order chi connectivity index (χ0) is 15.7. The van der Waals surface area contributed by atoms with Crippen molar-refractivity contribution >= 4 is 23.2 Å². The first-order valence-electron chi connectivity index (χ1n) is 6.55. The second kappa shape index (κ2) is 10.2. The monoisotopic (exact) mass is 337 g/mol. The average molecular weight is 338 g/mol. The van der Waals surface area contributed by atoms with Gasteiger partial charge in [-0.15, -0.1) is 0 Å². The van der Waals surface area contributed by atoms with Crippen LogP contribution in [0.25, 0.3) is 0 Å². The molecule has 0 fully saturated rings. The second-order valence-electron chi connectivity index (χ2n) is 4.49. The third-order valence-electron chi connectivity index (χ3n) is 2.78. The van der Waals surface area contributed by atoms with Gasteiger partial charge in [-0.1, -0.05) is 29.3 Å². The zero-order valence-electron chi connectivity index (χ0n) is 12.1. The summed E-state index contributed by atoms with van der Waals surface area (Å²) < 4.78 is 15.7. The van der Waals surface area contributed by atoms with Gasteiger partial charge in [-0.3, -0.25) is 0 Å². The summed E-state index contributed by atoms with van der Waals surface area (Å²) in [5, 5.41) is 13.8. The van der Waals surface area contributed by atoms with Crippen molar-refractivity contribution in [1.29, 1.82) is 0 Å². The van der Waals surface area contributed by atoms with Gasteiger partial charge in [-0.05, 0) is 12.1 Å². The molecule has 7 heteroatoms. The van der Waals surface area contributed by atoms with Gasteiger partial charge < -0.3 is 24.6 Å². The summed E-state index contributed by atoms with van der Waals surface area (Å²) in [6.45, 7) is 1.53. The van der Waals surface area contributed by atoms with E-state index in [9.17, 15) is 5.11 Å². The van der Waals surface area contributed by atoms with Crippen LogP contribution in [-0.4, -0.2) is 57.8 Å². The van der Waals surface area contributed by atoms with E-state index in [1.54, 1.807) is 32.4 Å². The van der Waals surface area contributed by atoms with Crippen molar-refractivity contribution in [2.45, 2.75) is 12.2 Å². The number of rotatable bonds is 10. The van der Waals surface area contributed by atoms with Gasteiger partial charge in [-0.25, -0.2) is 0 Å². The second-order valence-corrected chi connectivity index (χ2v) is 5.30. The highest BCUT2D eigenvalue weighted by molar-refractivity contribution is 6.37. The summed E-state index contributed by atoms with van der Waals surface area (Å²) in [6, 6.07) is 5.10. The molecule has 1 aromatic rings. The third-order valence-corrected chi connectivity index (χ3v) is 3.37. The van der Waals surface area contributed by atoms with Crippen LogP contribution < -0.4 is 10.1 Å². The molecule has 21 heavy (non-hydrogen) atoms. The van der Waals surface area contributed by atoms with Crippen LogP contribution >= 0.6 is 23.2 Å². The van der Waals surface area contributed by atoms with E-state index in [0.717, 1.165) is 0 Å². The van der Waals surface area contributed by atoms with E-state index in [2.05, 4.69) is 5.32 Å². The Morgan fingerprint density at radius 1 is 1.14 bits per heavy atom. The van der Waals surface area contributed by atoms with Crippen LogP contribution in [-0.2, 0) is 9.47 Å². The molecule has 0 bridgehead atoms. The van der Waals surface area contributed by atoms with Gasteiger partial charge in [0.15, 0.2) is 5.75 Å². The molecular formula is C14H21Cl2NO4. The van der Waals surface area contributed by atoms with Gasteiger partial charge in [-0.2, -0.15) is 0 Å². The number of halogens is 2. The smallest absolute Gasteiger partial charge is 0.156 e. The van der Waals surface area contributed by atoms with E-state index >= 15 is 0 Å². The Labute approximate surface area is 135 Å². The molecule has 1 aromatic carbocycles. The lowest BCUT2D eigenvalue weighted by atomic mass is 10.3. The Morgan fingerprint density at radius 2 is 1.81 bits per heavy atom. The summed E-state index contributed by atoms with van der Waals surface area (Å²) in [5.74, 6) is 0.383. The van der Waals surface area contributed by atoms with E-state index < -0.39 is 6.10 Å². The maximum absolute atomic E-state index is 9.86. The lowest BCUT2D eigenvalue weighted by Crippen LogP contribution is -2.38. The first-order chi connectivity index (χ1) is 10.1. The number of ether oxygens (including phenoxy) is 3. The van der Waals surface area contributed by atoms with E-state index in [4.69, 9.17) is 37.4 Å². The Balaban J connectivity index is 2.29. The summed E-state index contributed by atoms with van der Waals surface area (Å²) >= 11 is 12.0. The Morgan fingerprint density at radius 3 is 2.38 bits per heavy atom. The minimum atomic E-state index is -0.683. The number of para-hydroxylation sites is 1. The molecule has 0 radical (unpaired) electrons. The van der Waals surface area contributed by atoms with Crippen molar-refractivity contribution in [3.63, 3.8) is 0 Å². The van der Waals surface area contributed by atoms with Gasteiger partial charge in [0.2, 0.25) is 0 Å². The third kappa shape index (κ3) is 6.82. The number of benzene rings is 1. The fourth-order valence-corrected chi connectivity index (χ4v) is 2.17. The van der Waals surface area contributed by atoms with E-state index in [0.29, 0.717) is 35.5 Å². The number of aliphatic hydroxyl groups excluding tert-OH is 1. The number of methoxy groups -OCH3 is 2. The number of hydrogen-bond acceptors (Lipinski definition) is 5. The standard InChI is InChI=1S/C14H21Cl2NO4/c1-19-9-11(20-2)7-17-6-10(18)8-21-14-12(15)4-3-5-13(14)16/h3-5,10-11,17-18H,6-9H2,1-2H3. The summed E-state index contributed by atoms with van der Waals surface area (Å²) in [6.07, 6.45) is -0.737. The molecule has 1 rings (SSSR count). The van der Waals surface area contributed by atoms with Crippen molar-refractivity contribution in [2.24, 2.45) is 0 Å². The molecule has 0 saturated carbocycles. The molecule has 0 aromatic heterocycles. The fraction of sp³-hybridized carbons (Fsp3) is 0.571. The van der Waals surface area contributed by atoms with Crippen molar-refractivity contribution in [3.05, 3.63) is 28.2 Å². The van der Waals surface area contributed by atoms with E-state index in [1.165, 1.54) is 0 Å². The summed E-state index contributed by atoms with van der Waals surface area (Å²) in [5.41, 5.74) is 0. The van der Waals surface area contributed by atoms with Gasteiger partial charge in [0.05, 0.1) is 22.8 Å². The molecule has 5 nitrogen and oxygen atoms in total. The Hall–Kier alpha value is -0.560. The predicted molar refractivity (Wildman–Crippen MR) is 83.5 cm³/mol. The molecule has 0 saturated heterocycles. The molecule has 0 heterocycles. The molecule has 2 N–H and O–H groups in total. The van der Waals surface area contributed by atoms with Gasteiger partial charge >= 0.3 is 0 Å². The summed E-state index contributed by atoms with van der Waals surface area (Å²) in [7, 11) is 3.23. The quantitative estimate of drug-likeness (QED) is 0.683. The molecule has 2 atom stereocenters. The molecule has 0 spiro atoms. The fourth-order valence-electron chi connectivity index (χ4n) is 1.67. The molecule has 0 aliphatic carbocycles. The topological polar surface area (TPSA) is 60.0 Å². The Bertz CT molecular complexity index is 400. The molecule has 2 unspecified atom stereocenters. The number of nitrogens with one attached hydrogen (secondary N) is 1. The lowest BCUT2D eigenvalue weighted by molar-refractivity contribution is 0.0257. The first-order valence-corrected chi connectivity index (χ1v) is 7.31. The predicted octanol–water partition coefficient (Wildman–Crippen LogP) is 1.98. The minimum Gasteiger partial charge on any atom is -0.488 e. The molecule has 0 amide bonds. The highest BCUT2D eigenvalue weighted by Gasteiger charge is 2.12. The van der Waals surface area contributed by atoms with Crippen LogP contribution in [0.5, 0.6) is 5.75 Å². The maximum atomic E-state index is 9.86. The van der Waals surface area contributed by atoms with Crippen LogP contribution in [0.15, 0.2) is 18.2 Å². The van der Waals surface area contributed by atoms with Crippen molar-refractivity contribution < 1.29 is 19.3 Å². The average Bonchev–Trinajstić information content (AvgIpc) is 2.45. The zero-order valence-corrected chi connectivity index (χ0v) is 13.7. The maximum Gasteiger partial charge on any atom is 0.156 e. The van der Waals surface area contributed by atoms with Crippen molar-refractivity contribution in [1.82, 2.24) is 5.32 Å². The molecule has 120 valence electrons. The van der Waals surface area contributed by atoms with E-state index in [-0.39, 0.29) is 12.7 Å². The number of aliphatic hydroxyl groups is 1. The number of hydrogen-bond donors (Lipinski definition) is 2. The van der Waals surface area contributed by atoms with Gasteiger partial charge in [0, 0.05) is 27.3 Å². The van der Waals surface area contributed by atoms with Crippen molar-refractivity contribution in [3.8, 4) is 5.75 Å². The van der Waals surface area contributed by atoms with Crippen LogP contribution in [0, 0.1) is 0 Å². The van der Waals surface area contributed by atoms with Crippen LogP contribution in [0.4, 0.5) is 0 Å². The molecule has 0 aliphatic heterocycles. The summed E-state index contributed by atoms with van der Waals surface area (Å²) in [4.78, 5) is 0. The highest BCUT2D eigenvalue weighted by atomic mass is 35.5. The molecule has 0 aliphatic rings. The lowest BCUT2D eigenvalue weighted by Gasteiger charge is -2.18. The SMILES string of the molecule is COCC(CNCC(O)COc1c(Cl)cccc1Cl)OC. The van der Waals surface area contributed by atoms with Crippen molar-refractivity contribution in [2.75, 3.05) is 40.5 Å². The normalized spacial score (nSPS) is 14.0. The highest BCUT2D eigenvalue weighted by Crippen LogP contribution is 2.32. The Kier molecular flexibility index (Phi) is 8.99. The van der Waals surface area contributed by atoms with Crippen LogP contribution in [0.1, 0.15) is 0 Å². The largest absolute Gasteiger partial charge is 0.488 e. The molecular weight excluding hydrogens is 317 g/mol. The van der Waals surface area contributed by atoms with Gasteiger partial charge in [0.25, 0.3) is 0 Å². The minimum absolute atomic E-state index is 0.0545. The first kappa shape index (κ1) is 18.5.